The quantitative estimate of drug-likeness (QED) is 0.456. The van der Waals surface area contributed by atoms with Crippen LogP contribution in [0.1, 0.15) is 62.2 Å². The van der Waals surface area contributed by atoms with Gasteiger partial charge in [-0.05, 0) is 37.5 Å². The minimum absolute atomic E-state index is 0.0315. The van der Waals surface area contributed by atoms with E-state index >= 15 is 0 Å². The lowest BCUT2D eigenvalue weighted by molar-refractivity contribution is -0.150. The Morgan fingerprint density at radius 2 is 1.88 bits per heavy atom. The van der Waals surface area contributed by atoms with Gasteiger partial charge >= 0.3 is 5.97 Å². The molecule has 0 spiro atoms. The van der Waals surface area contributed by atoms with Crippen molar-refractivity contribution in [3.63, 3.8) is 0 Å². The smallest absolute Gasteiger partial charge is 0.309 e. The van der Waals surface area contributed by atoms with Gasteiger partial charge < -0.3 is 9.64 Å². The molecule has 1 amide bonds. The molecule has 1 aliphatic rings. The topological polar surface area (TPSA) is 46.6 Å². The van der Waals surface area contributed by atoms with Crippen molar-refractivity contribution in [2.24, 2.45) is 5.92 Å². The van der Waals surface area contributed by atoms with E-state index in [1.807, 2.05) is 29.2 Å². The van der Waals surface area contributed by atoms with Crippen molar-refractivity contribution >= 4 is 27.8 Å². The highest BCUT2D eigenvalue weighted by atomic mass is 79.9. The highest BCUT2D eigenvalue weighted by molar-refractivity contribution is 9.10. The lowest BCUT2D eigenvalue weighted by atomic mass is 9.96. The zero-order valence-corrected chi connectivity index (χ0v) is 16.6. The van der Waals surface area contributed by atoms with Crippen molar-refractivity contribution in [1.82, 2.24) is 4.90 Å². The van der Waals surface area contributed by atoms with Gasteiger partial charge in [0.2, 0.25) is 0 Å². The van der Waals surface area contributed by atoms with Gasteiger partial charge in [0.15, 0.2) is 0 Å². The predicted molar refractivity (Wildman–Crippen MR) is 102 cm³/mol. The Hall–Kier alpha value is -1.36. The van der Waals surface area contributed by atoms with Crippen LogP contribution in [0.5, 0.6) is 0 Å². The number of piperidine rings is 1. The highest BCUT2D eigenvalue weighted by Gasteiger charge is 2.28. The third-order valence-electron chi connectivity index (χ3n) is 4.68. The summed E-state index contributed by atoms with van der Waals surface area (Å²) in [5.74, 6) is -0.128. The van der Waals surface area contributed by atoms with Gasteiger partial charge in [-0.1, -0.05) is 54.6 Å². The van der Waals surface area contributed by atoms with Crippen molar-refractivity contribution in [1.29, 1.82) is 0 Å². The average Bonchev–Trinajstić information content (AvgIpc) is 2.64. The number of halogens is 1. The molecule has 0 atom stereocenters. The number of likely N-dealkylation sites (tertiary alicyclic amines) is 1. The van der Waals surface area contributed by atoms with Gasteiger partial charge in [0, 0.05) is 23.1 Å². The monoisotopic (exact) mass is 409 g/mol. The molecule has 5 heteroatoms. The van der Waals surface area contributed by atoms with E-state index in [-0.39, 0.29) is 17.8 Å². The van der Waals surface area contributed by atoms with Crippen LogP contribution in [0.25, 0.3) is 0 Å². The van der Waals surface area contributed by atoms with E-state index in [0.717, 1.165) is 17.3 Å². The van der Waals surface area contributed by atoms with Crippen LogP contribution < -0.4 is 0 Å². The average molecular weight is 410 g/mol. The zero-order valence-electron chi connectivity index (χ0n) is 15.0. The van der Waals surface area contributed by atoms with E-state index in [4.69, 9.17) is 4.74 Å². The molecule has 0 unspecified atom stereocenters. The Kier molecular flexibility index (Phi) is 8.45. The molecule has 1 heterocycles. The van der Waals surface area contributed by atoms with Gasteiger partial charge in [0.25, 0.3) is 5.91 Å². The molecule has 0 radical (unpaired) electrons. The Morgan fingerprint density at radius 1 is 1.16 bits per heavy atom. The molecule has 0 aromatic heterocycles. The molecule has 0 aliphatic carbocycles. The number of nitrogens with zero attached hydrogens (tertiary/aromatic N) is 1. The van der Waals surface area contributed by atoms with Gasteiger partial charge in [-0.2, -0.15) is 0 Å². The molecule has 1 aliphatic heterocycles. The lowest BCUT2D eigenvalue weighted by Crippen LogP contribution is -2.40. The first-order chi connectivity index (χ1) is 12.1. The standard InChI is InChI=1S/C20H28BrNO3/c1-2-3-4-5-6-14-25-20(24)16-10-12-22(13-11-16)19(23)17-8-7-9-18(21)15-17/h7-9,15-16H,2-6,10-14H2,1H3. The van der Waals surface area contributed by atoms with Crippen LogP contribution in [0.4, 0.5) is 0 Å². The van der Waals surface area contributed by atoms with Crippen LogP contribution in [-0.4, -0.2) is 36.5 Å². The van der Waals surface area contributed by atoms with Gasteiger partial charge in [-0.3, -0.25) is 9.59 Å². The van der Waals surface area contributed by atoms with Crippen LogP contribution in [-0.2, 0) is 9.53 Å². The first-order valence-corrected chi connectivity index (χ1v) is 10.1. The number of unbranched alkanes of at least 4 members (excludes halogenated alkanes) is 4. The van der Waals surface area contributed by atoms with Crippen molar-refractivity contribution in [3.05, 3.63) is 34.3 Å². The van der Waals surface area contributed by atoms with Gasteiger partial charge in [0.05, 0.1) is 12.5 Å². The lowest BCUT2D eigenvalue weighted by Gasteiger charge is -2.31. The molecule has 25 heavy (non-hydrogen) atoms. The van der Waals surface area contributed by atoms with Crippen molar-refractivity contribution in [2.75, 3.05) is 19.7 Å². The summed E-state index contributed by atoms with van der Waals surface area (Å²) in [6, 6.07) is 7.43. The second-order valence-corrected chi connectivity index (χ2v) is 7.57. The van der Waals surface area contributed by atoms with Gasteiger partial charge in [0.1, 0.15) is 0 Å². The first kappa shape index (κ1) is 20.0. The normalized spacial score (nSPS) is 15.2. The Bertz CT molecular complexity index is 568. The summed E-state index contributed by atoms with van der Waals surface area (Å²) in [7, 11) is 0. The SMILES string of the molecule is CCCCCCCOC(=O)C1CCN(C(=O)c2cccc(Br)c2)CC1. The van der Waals surface area contributed by atoms with E-state index in [0.29, 0.717) is 38.1 Å². The summed E-state index contributed by atoms with van der Waals surface area (Å²) in [6.07, 6.45) is 7.13. The van der Waals surface area contributed by atoms with E-state index < -0.39 is 0 Å². The zero-order chi connectivity index (χ0) is 18.1. The molecule has 0 saturated carbocycles. The second-order valence-electron chi connectivity index (χ2n) is 6.66. The minimum atomic E-state index is -0.0925. The summed E-state index contributed by atoms with van der Waals surface area (Å²) in [4.78, 5) is 26.5. The molecule has 0 bridgehead atoms. The van der Waals surface area contributed by atoms with Crippen molar-refractivity contribution in [2.45, 2.75) is 51.9 Å². The third-order valence-corrected chi connectivity index (χ3v) is 5.17. The Morgan fingerprint density at radius 3 is 2.56 bits per heavy atom. The second kappa shape index (κ2) is 10.6. The van der Waals surface area contributed by atoms with E-state index in [2.05, 4.69) is 22.9 Å². The maximum Gasteiger partial charge on any atom is 0.309 e. The number of amides is 1. The maximum absolute atomic E-state index is 12.5. The number of carbonyl (C=O) groups is 2. The summed E-state index contributed by atoms with van der Waals surface area (Å²) in [5, 5.41) is 0. The largest absolute Gasteiger partial charge is 0.465 e. The van der Waals surface area contributed by atoms with E-state index in [1.165, 1.54) is 19.3 Å². The fraction of sp³-hybridized carbons (Fsp3) is 0.600. The van der Waals surface area contributed by atoms with Crippen LogP contribution >= 0.6 is 15.9 Å². The van der Waals surface area contributed by atoms with Gasteiger partial charge in [-0.15, -0.1) is 0 Å². The van der Waals surface area contributed by atoms with Crippen LogP contribution in [0.3, 0.4) is 0 Å². The molecular formula is C20H28BrNO3. The summed E-state index contributed by atoms with van der Waals surface area (Å²) in [5.41, 5.74) is 0.683. The highest BCUT2D eigenvalue weighted by Crippen LogP contribution is 2.21. The Labute approximate surface area is 159 Å². The number of benzene rings is 1. The van der Waals surface area contributed by atoms with Crippen molar-refractivity contribution < 1.29 is 14.3 Å². The first-order valence-electron chi connectivity index (χ1n) is 9.33. The third kappa shape index (κ3) is 6.46. The van der Waals surface area contributed by atoms with Crippen LogP contribution in [0.15, 0.2) is 28.7 Å². The molecule has 0 N–H and O–H groups in total. The number of hydrogen-bond donors (Lipinski definition) is 0. The van der Waals surface area contributed by atoms with Crippen LogP contribution in [0.2, 0.25) is 0 Å². The van der Waals surface area contributed by atoms with Gasteiger partial charge in [-0.25, -0.2) is 0 Å². The molecular weight excluding hydrogens is 382 g/mol. The van der Waals surface area contributed by atoms with E-state index in [9.17, 15) is 9.59 Å². The minimum Gasteiger partial charge on any atom is -0.465 e. The summed E-state index contributed by atoms with van der Waals surface area (Å²) in [6.45, 7) is 3.94. The molecule has 1 aromatic rings. The number of esters is 1. The molecule has 1 fully saturated rings. The number of rotatable bonds is 8. The predicted octanol–water partition coefficient (Wildman–Crippen LogP) is 4.81. The molecule has 138 valence electrons. The fourth-order valence-electron chi connectivity index (χ4n) is 3.12. The number of hydrogen-bond acceptors (Lipinski definition) is 3. The van der Waals surface area contributed by atoms with Crippen molar-refractivity contribution in [3.8, 4) is 0 Å². The number of carbonyl (C=O) groups excluding carboxylic acids is 2. The molecule has 2 rings (SSSR count). The maximum atomic E-state index is 12.5. The molecule has 1 aromatic carbocycles. The van der Waals surface area contributed by atoms with Crippen LogP contribution in [0, 0.1) is 5.92 Å². The number of ether oxygens (including phenoxy) is 1. The fourth-order valence-corrected chi connectivity index (χ4v) is 3.52. The van der Waals surface area contributed by atoms with E-state index in [1.54, 1.807) is 0 Å². The molecule has 1 saturated heterocycles. The summed E-state index contributed by atoms with van der Waals surface area (Å²) >= 11 is 3.39. The summed E-state index contributed by atoms with van der Waals surface area (Å²) < 4.78 is 6.31. The molecule has 4 nitrogen and oxygen atoms in total. The Balaban J connectivity index is 1.70.